The first kappa shape index (κ1) is 26.8. The normalized spacial score (nSPS) is 14.2. The highest BCUT2D eigenvalue weighted by atomic mass is 19.4. The summed E-state index contributed by atoms with van der Waals surface area (Å²) in [4.78, 5) is 29.5. The minimum Gasteiger partial charge on any atom is -0.441 e. The third-order valence-corrected chi connectivity index (χ3v) is 6.07. The lowest BCUT2D eigenvalue weighted by Gasteiger charge is -2.33. The monoisotopic (exact) mass is 533 g/mol. The molecule has 0 unspecified atom stereocenters. The molecule has 10 nitrogen and oxygen atoms in total. The van der Waals surface area contributed by atoms with Crippen LogP contribution in [0.2, 0.25) is 0 Å². The van der Waals surface area contributed by atoms with E-state index in [9.17, 15) is 22.8 Å². The number of hydrogen-bond donors (Lipinski definition) is 2. The zero-order valence-corrected chi connectivity index (χ0v) is 20.2. The van der Waals surface area contributed by atoms with Crippen molar-refractivity contribution in [3.8, 4) is 16.9 Å². The summed E-state index contributed by atoms with van der Waals surface area (Å²) in [7, 11) is 0. The van der Waals surface area contributed by atoms with Crippen LogP contribution in [0.4, 0.5) is 23.8 Å². The Morgan fingerprint density at radius 3 is 2.58 bits per heavy atom. The van der Waals surface area contributed by atoms with Gasteiger partial charge in [0.25, 0.3) is 5.91 Å². The minimum absolute atomic E-state index is 0.0359. The average molecular weight is 534 g/mol. The highest BCUT2D eigenvalue weighted by Crippen LogP contribution is 2.29. The molecule has 1 aliphatic rings. The topological polar surface area (TPSA) is 133 Å². The van der Waals surface area contributed by atoms with Crippen molar-refractivity contribution in [2.45, 2.75) is 32.2 Å². The molecule has 0 spiro atoms. The van der Waals surface area contributed by atoms with Gasteiger partial charge < -0.3 is 29.9 Å². The van der Waals surface area contributed by atoms with Crippen molar-refractivity contribution in [3.05, 3.63) is 60.1 Å². The van der Waals surface area contributed by atoms with Gasteiger partial charge in [-0.2, -0.15) is 0 Å². The Morgan fingerprint density at radius 2 is 1.92 bits per heavy atom. The number of pyridine rings is 1. The smallest absolute Gasteiger partial charge is 0.441 e. The van der Waals surface area contributed by atoms with Gasteiger partial charge in [-0.3, -0.25) is 4.79 Å². The molecule has 2 aromatic heterocycles. The number of carbonyl (C=O) groups excluding carboxylic acids is 2. The minimum atomic E-state index is -4.75. The number of nitrogens with two attached hydrogens (primary N) is 1. The van der Waals surface area contributed by atoms with Gasteiger partial charge in [0.05, 0.1) is 0 Å². The summed E-state index contributed by atoms with van der Waals surface area (Å²) in [6.07, 6.45) is -1.07. The van der Waals surface area contributed by atoms with Crippen LogP contribution < -0.4 is 20.7 Å². The van der Waals surface area contributed by atoms with Gasteiger partial charge in [-0.05, 0) is 55.0 Å². The molecule has 1 aromatic carbocycles. The van der Waals surface area contributed by atoms with Gasteiger partial charge in [0.15, 0.2) is 18.1 Å². The van der Waals surface area contributed by atoms with E-state index in [0.717, 1.165) is 38.2 Å². The summed E-state index contributed by atoms with van der Waals surface area (Å²) in [5, 5.41) is 6.17. The molecule has 3 aromatic rings. The van der Waals surface area contributed by atoms with Crippen molar-refractivity contribution < 1.29 is 36.8 Å². The molecule has 2 amide bonds. The molecule has 4 rings (SSSR count). The molecule has 202 valence electrons. The number of carbonyl (C=O) groups is 2. The molecular weight excluding hydrogens is 507 g/mol. The quantitative estimate of drug-likeness (QED) is 0.417. The van der Waals surface area contributed by atoms with Crippen molar-refractivity contribution >= 4 is 17.8 Å². The highest BCUT2D eigenvalue weighted by Gasteiger charge is 2.31. The van der Waals surface area contributed by atoms with Crippen molar-refractivity contribution in [2.75, 3.05) is 24.5 Å². The zero-order chi connectivity index (χ0) is 27.1. The molecule has 38 heavy (non-hydrogen) atoms. The predicted octanol–water partition coefficient (Wildman–Crippen LogP) is 4.27. The number of alkyl carbamates (subject to hydrolysis) is 1. The Morgan fingerprint density at radius 1 is 1.13 bits per heavy atom. The molecule has 0 radical (unpaired) electrons. The van der Waals surface area contributed by atoms with E-state index in [4.69, 9.17) is 15.0 Å². The fourth-order valence-electron chi connectivity index (χ4n) is 4.13. The Balaban J connectivity index is 1.18. The lowest BCUT2D eigenvalue weighted by Crippen LogP contribution is -2.35. The first-order valence-electron chi connectivity index (χ1n) is 11.9. The Hall–Kier alpha value is -4.29. The number of amides is 2. The van der Waals surface area contributed by atoms with E-state index in [1.165, 1.54) is 24.3 Å². The number of rotatable bonds is 9. The Bertz CT molecular complexity index is 1240. The third-order valence-electron chi connectivity index (χ3n) is 6.07. The van der Waals surface area contributed by atoms with Gasteiger partial charge in [-0.1, -0.05) is 17.3 Å². The Labute approximate surface area is 215 Å². The molecule has 13 heteroatoms. The number of piperidine rings is 1. The van der Waals surface area contributed by atoms with Gasteiger partial charge in [-0.15, -0.1) is 13.2 Å². The van der Waals surface area contributed by atoms with E-state index < -0.39 is 18.4 Å². The van der Waals surface area contributed by atoms with Crippen molar-refractivity contribution in [2.24, 2.45) is 11.7 Å². The maximum Gasteiger partial charge on any atom is 0.573 e. The molecule has 0 aliphatic carbocycles. The second-order valence-corrected chi connectivity index (χ2v) is 8.75. The second-order valence-electron chi connectivity index (χ2n) is 8.75. The van der Waals surface area contributed by atoms with Crippen LogP contribution in [-0.2, 0) is 11.3 Å². The summed E-state index contributed by atoms with van der Waals surface area (Å²) in [5.41, 5.74) is 6.31. The first-order valence-corrected chi connectivity index (χ1v) is 11.9. The van der Waals surface area contributed by atoms with Crippen LogP contribution in [0.15, 0.2) is 53.2 Å². The van der Waals surface area contributed by atoms with E-state index in [1.54, 1.807) is 12.3 Å². The molecule has 0 atom stereocenters. The number of nitrogens with zero attached hydrogens (tertiary/aromatic N) is 3. The van der Waals surface area contributed by atoms with E-state index in [0.29, 0.717) is 23.6 Å². The number of alkyl halides is 3. The second kappa shape index (κ2) is 11.8. The van der Waals surface area contributed by atoms with E-state index in [1.807, 2.05) is 12.1 Å². The number of halogens is 3. The van der Waals surface area contributed by atoms with E-state index >= 15 is 0 Å². The van der Waals surface area contributed by atoms with Crippen LogP contribution in [-0.4, -0.2) is 48.1 Å². The third kappa shape index (κ3) is 7.60. The molecule has 1 fully saturated rings. The summed E-state index contributed by atoms with van der Waals surface area (Å²) >= 11 is 0. The van der Waals surface area contributed by atoms with E-state index in [-0.39, 0.29) is 23.8 Å². The summed E-state index contributed by atoms with van der Waals surface area (Å²) in [6, 6.07) is 10.8. The first-order chi connectivity index (χ1) is 18.2. The number of ether oxygens (including phenoxy) is 2. The van der Waals surface area contributed by atoms with Gasteiger partial charge >= 0.3 is 12.5 Å². The zero-order valence-electron chi connectivity index (χ0n) is 20.2. The van der Waals surface area contributed by atoms with Crippen LogP contribution in [0.25, 0.3) is 11.1 Å². The van der Waals surface area contributed by atoms with Crippen LogP contribution in [0, 0.1) is 5.92 Å². The lowest BCUT2D eigenvalue weighted by molar-refractivity contribution is -0.274. The summed E-state index contributed by atoms with van der Waals surface area (Å²) in [6.45, 7) is 1.88. The predicted molar refractivity (Wildman–Crippen MR) is 129 cm³/mol. The van der Waals surface area contributed by atoms with Gasteiger partial charge in [-0.25, -0.2) is 9.78 Å². The van der Waals surface area contributed by atoms with Crippen LogP contribution in [0.3, 0.4) is 0 Å². The molecule has 0 bridgehead atoms. The number of hydrogen-bond acceptors (Lipinski definition) is 8. The van der Waals surface area contributed by atoms with Gasteiger partial charge in [0.1, 0.15) is 11.6 Å². The standard InChI is InChI=1S/C25H26F3N5O5/c26-25(27,28)37-19-3-1-2-17(12-19)18-4-5-22(31-14-18)33-10-7-16(8-11-33)6-9-30-24(35)36-15-20-13-21(23(29)34)32-38-20/h1-5,12-14,16H,6-11,15H2,(H2,29,34)(H,30,35). The fourth-order valence-corrected chi connectivity index (χ4v) is 4.13. The van der Waals surface area contributed by atoms with Gasteiger partial charge in [0, 0.05) is 37.5 Å². The molecule has 1 saturated heterocycles. The highest BCUT2D eigenvalue weighted by molar-refractivity contribution is 5.90. The largest absolute Gasteiger partial charge is 0.573 e. The SMILES string of the molecule is NC(=O)c1cc(COC(=O)NCCC2CCN(c3ccc(-c4cccc(OC(F)(F)F)c4)cn3)CC2)on1. The molecule has 1 aliphatic heterocycles. The fraction of sp³-hybridized carbons (Fsp3) is 0.360. The van der Waals surface area contributed by atoms with Crippen LogP contribution in [0.5, 0.6) is 5.75 Å². The number of primary amides is 1. The maximum atomic E-state index is 12.5. The molecule has 3 heterocycles. The van der Waals surface area contributed by atoms with Crippen LogP contribution in [0.1, 0.15) is 35.5 Å². The molecule has 0 saturated carbocycles. The summed E-state index contributed by atoms with van der Waals surface area (Å²) < 4.78 is 51.4. The Kier molecular flexibility index (Phi) is 8.34. The van der Waals surface area contributed by atoms with Crippen molar-refractivity contribution in [1.29, 1.82) is 0 Å². The number of nitrogens with one attached hydrogen (secondary N) is 1. The number of aromatic nitrogens is 2. The molecule has 3 N–H and O–H groups in total. The van der Waals surface area contributed by atoms with Gasteiger partial charge in [0.2, 0.25) is 0 Å². The summed E-state index contributed by atoms with van der Waals surface area (Å²) in [5.74, 6) is 0.426. The van der Waals surface area contributed by atoms with Crippen molar-refractivity contribution in [1.82, 2.24) is 15.5 Å². The number of anilines is 1. The van der Waals surface area contributed by atoms with Crippen molar-refractivity contribution in [3.63, 3.8) is 0 Å². The van der Waals surface area contributed by atoms with E-state index in [2.05, 4.69) is 25.1 Å². The maximum absolute atomic E-state index is 12.5. The lowest BCUT2D eigenvalue weighted by atomic mass is 9.93. The average Bonchev–Trinajstić information content (AvgIpc) is 3.37. The number of benzene rings is 1. The molecular formula is C25H26F3N5O5. The van der Waals surface area contributed by atoms with Crippen LogP contribution >= 0.6 is 0 Å².